The average Bonchev–Trinajstić information content (AvgIpc) is 3.06. The number of aryl methyl sites for hydroxylation is 1. The minimum atomic E-state index is 0.283. The molecule has 3 aromatic rings. The van der Waals surface area contributed by atoms with E-state index in [1.807, 2.05) is 0 Å². The molecule has 0 spiro atoms. The molecule has 0 saturated carbocycles. The van der Waals surface area contributed by atoms with Crippen LogP contribution in [0.3, 0.4) is 0 Å². The van der Waals surface area contributed by atoms with Crippen LogP contribution in [0.5, 0.6) is 0 Å². The zero-order chi connectivity index (χ0) is 17.1. The molecular weight excluding hydrogens is 300 g/mol. The van der Waals surface area contributed by atoms with E-state index in [1.165, 1.54) is 33.4 Å². The van der Waals surface area contributed by atoms with Gasteiger partial charge in [0, 0.05) is 5.92 Å². The van der Waals surface area contributed by atoms with E-state index in [-0.39, 0.29) is 5.92 Å². The summed E-state index contributed by atoms with van der Waals surface area (Å²) in [5.74, 6) is 0.283. The Labute approximate surface area is 150 Å². The van der Waals surface area contributed by atoms with Crippen LogP contribution in [0.15, 0.2) is 91.0 Å². The molecule has 25 heavy (non-hydrogen) atoms. The van der Waals surface area contributed by atoms with Crippen LogP contribution >= 0.6 is 0 Å². The van der Waals surface area contributed by atoms with Gasteiger partial charge in [-0.15, -0.1) is 0 Å². The highest BCUT2D eigenvalue weighted by atomic mass is 14.3. The van der Waals surface area contributed by atoms with E-state index in [4.69, 9.17) is 0 Å². The van der Waals surface area contributed by atoms with E-state index in [0.29, 0.717) is 0 Å². The second-order valence-electron chi connectivity index (χ2n) is 6.68. The minimum absolute atomic E-state index is 0.283. The lowest BCUT2D eigenvalue weighted by Crippen LogP contribution is -1.98. The van der Waals surface area contributed by atoms with E-state index in [9.17, 15) is 0 Å². The van der Waals surface area contributed by atoms with E-state index in [1.54, 1.807) is 0 Å². The number of rotatable bonds is 4. The molecule has 1 aliphatic carbocycles. The fourth-order valence-electron chi connectivity index (χ4n) is 3.62. The Balaban J connectivity index is 1.74. The molecule has 0 heteroatoms. The van der Waals surface area contributed by atoms with Crippen molar-refractivity contribution in [3.05, 3.63) is 119 Å². The van der Waals surface area contributed by atoms with E-state index < -0.39 is 0 Å². The molecule has 0 fully saturated rings. The topological polar surface area (TPSA) is 0 Å². The second-order valence-corrected chi connectivity index (χ2v) is 6.68. The van der Waals surface area contributed by atoms with Crippen LogP contribution in [0.1, 0.15) is 33.7 Å². The Bertz CT molecular complexity index is 915. The molecular formula is C25H22. The Hall–Kier alpha value is -2.86. The van der Waals surface area contributed by atoms with Gasteiger partial charge in [-0.2, -0.15) is 0 Å². The lowest BCUT2D eigenvalue weighted by atomic mass is 9.87. The monoisotopic (exact) mass is 322 g/mol. The van der Waals surface area contributed by atoms with Gasteiger partial charge in [-0.25, -0.2) is 0 Å². The normalized spacial score (nSPS) is 14.4. The predicted molar refractivity (Wildman–Crippen MR) is 108 cm³/mol. The first kappa shape index (κ1) is 15.7. The lowest BCUT2D eigenvalue weighted by Gasteiger charge is -2.17. The van der Waals surface area contributed by atoms with Gasteiger partial charge in [-0.1, -0.05) is 103 Å². The molecule has 1 atom stereocenters. The molecule has 0 nitrogen and oxygen atoms in total. The molecule has 1 unspecified atom stereocenters. The van der Waals surface area contributed by atoms with Gasteiger partial charge in [0.2, 0.25) is 0 Å². The Kier molecular flexibility index (Phi) is 4.35. The highest BCUT2D eigenvalue weighted by Gasteiger charge is 2.21. The molecule has 3 aromatic carbocycles. The first-order valence-corrected chi connectivity index (χ1v) is 8.89. The van der Waals surface area contributed by atoms with Crippen LogP contribution in [0.4, 0.5) is 0 Å². The van der Waals surface area contributed by atoms with Gasteiger partial charge in [-0.3, -0.25) is 0 Å². The summed E-state index contributed by atoms with van der Waals surface area (Å²) in [4.78, 5) is 0. The van der Waals surface area contributed by atoms with Gasteiger partial charge in [0.1, 0.15) is 0 Å². The van der Waals surface area contributed by atoms with Crippen molar-refractivity contribution in [2.24, 2.45) is 0 Å². The third-order valence-electron chi connectivity index (χ3n) is 4.89. The van der Waals surface area contributed by atoms with Crippen molar-refractivity contribution >= 4 is 11.6 Å². The van der Waals surface area contributed by atoms with Crippen LogP contribution in [-0.4, -0.2) is 0 Å². The second kappa shape index (κ2) is 6.94. The highest BCUT2D eigenvalue weighted by molar-refractivity contribution is 5.80. The van der Waals surface area contributed by atoms with Crippen molar-refractivity contribution < 1.29 is 0 Å². The molecule has 0 amide bonds. The largest absolute Gasteiger partial charge is 0.0753 e. The van der Waals surface area contributed by atoms with Crippen LogP contribution in [0.2, 0.25) is 0 Å². The first-order valence-electron chi connectivity index (χ1n) is 8.89. The van der Waals surface area contributed by atoms with Crippen LogP contribution in [-0.2, 0) is 6.42 Å². The SMILES string of the molecule is Cc1ccc2c(c1)CC=C2C(/C=C/c1ccccc1)c1ccccc1. The van der Waals surface area contributed by atoms with Crippen LogP contribution in [0.25, 0.3) is 11.6 Å². The molecule has 0 heterocycles. The summed E-state index contributed by atoms with van der Waals surface area (Å²) in [5, 5.41) is 0. The lowest BCUT2D eigenvalue weighted by molar-refractivity contribution is 1.11. The number of hydrogen-bond acceptors (Lipinski definition) is 0. The summed E-state index contributed by atoms with van der Waals surface area (Å²) in [5.41, 5.74) is 8.19. The zero-order valence-electron chi connectivity index (χ0n) is 14.5. The van der Waals surface area contributed by atoms with Crippen molar-refractivity contribution in [3.8, 4) is 0 Å². The first-order chi connectivity index (χ1) is 12.3. The maximum Gasteiger partial charge on any atom is 0.0275 e. The van der Waals surface area contributed by atoms with E-state index >= 15 is 0 Å². The smallest absolute Gasteiger partial charge is 0.0275 e. The van der Waals surface area contributed by atoms with Gasteiger partial charge in [0.05, 0.1) is 0 Å². The average molecular weight is 322 g/mol. The molecule has 0 bridgehead atoms. The molecule has 122 valence electrons. The van der Waals surface area contributed by atoms with Gasteiger partial charge < -0.3 is 0 Å². The van der Waals surface area contributed by atoms with E-state index in [0.717, 1.165) is 6.42 Å². The standard InChI is InChI=1S/C25H22/c1-19-12-15-24-22(18-19)14-17-25(24)23(21-10-6-3-7-11-21)16-13-20-8-4-2-5-9-20/h2-13,15-18,23H,14H2,1H3/b16-13+. The van der Waals surface area contributed by atoms with Crippen molar-refractivity contribution in [1.29, 1.82) is 0 Å². The minimum Gasteiger partial charge on any atom is -0.0753 e. The van der Waals surface area contributed by atoms with Gasteiger partial charge in [-0.05, 0) is 41.2 Å². The van der Waals surface area contributed by atoms with Gasteiger partial charge in [0.15, 0.2) is 0 Å². The molecule has 0 saturated heterocycles. The Morgan fingerprint density at radius 2 is 1.56 bits per heavy atom. The van der Waals surface area contributed by atoms with Crippen molar-refractivity contribution in [3.63, 3.8) is 0 Å². The van der Waals surface area contributed by atoms with Crippen molar-refractivity contribution in [2.75, 3.05) is 0 Å². The fraction of sp³-hybridized carbons (Fsp3) is 0.120. The van der Waals surface area contributed by atoms with E-state index in [2.05, 4.69) is 104 Å². The summed E-state index contributed by atoms with van der Waals surface area (Å²) < 4.78 is 0. The quantitative estimate of drug-likeness (QED) is 0.519. The van der Waals surface area contributed by atoms with Crippen molar-refractivity contribution in [1.82, 2.24) is 0 Å². The highest BCUT2D eigenvalue weighted by Crippen LogP contribution is 2.39. The van der Waals surface area contributed by atoms with Crippen LogP contribution < -0.4 is 0 Å². The molecule has 0 aliphatic heterocycles. The summed E-state index contributed by atoms with van der Waals surface area (Å²) in [6, 6.07) is 28.2. The summed E-state index contributed by atoms with van der Waals surface area (Å²) >= 11 is 0. The molecule has 0 N–H and O–H groups in total. The number of fused-ring (bicyclic) bond motifs is 1. The Morgan fingerprint density at radius 1 is 0.840 bits per heavy atom. The van der Waals surface area contributed by atoms with Crippen LogP contribution in [0, 0.1) is 6.92 Å². The molecule has 0 aromatic heterocycles. The zero-order valence-corrected chi connectivity index (χ0v) is 14.5. The Morgan fingerprint density at radius 3 is 2.32 bits per heavy atom. The third-order valence-corrected chi connectivity index (χ3v) is 4.89. The third kappa shape index (κ3) is 3.34. The molecule has 1 aliphatic rings. The molecule has 0 radical (unpaired) electrons. The number of allylic oxidation sites excluding steroid dienone is 3. The maximum absolute atomic E-state index is 2.40. The van der Waals surface area contributed by atoms with Gasteiger partial charge in [0.25, 0.3) is 0 Å². The molecule has 4 rings (SSSR count). The summed E-state index contributed by atoms with van der Waals surface area (Å²) in [6.45, 7) is 2.17. The number of benzene rings is 3. The maximum atomic E-state index is 2.40. The van der Waals surface area contributed by atoms with Crippen molar-refractivity contribution in [2.45, 2.75) is 19.3 Å². The van der Waals surface area contributed by atoms with Gasteiger partial charge >= 0.3 is 0 Å². The summed E-state index contributed by atoms with van der Waals surface area (Å²) in [7, 11) is 0. The predicted octanol–water partition coefficient (Wildman–Crippen LogP) is 6.43. The summed E-state index contributed by atoms with van der Waals surface area (Å²) in [6.07, 6.45) is 8.02. The number of hydrogen-bond donors (Lipinski definition) is 0. The fourth-order valence-corrected chi connectivity index (χ4v) is 3.62.